The molecule has 0 saturated carbocycles. The molecule has 1 aliphatic rings. The number of nitrogens with one attached hydrogen (secondary N) is 2. The number of aliphatic imine (C=N–C) groups is 1. The molecule has 0 aromatic rings. The zero-order valence-corrected chi connectivity index (χ0v) is 13.1. The number of nitrogens with zero attached hydrogens (tertiary/aromatic N) is 1. The van der Waals surface area contributed by atoms with Crippen molar-refractivity contribution >= 4 is 29.9 Å². The quantitative estimate of drug-likeness (QED) is 0.252. The second-order valence-corrected chi connectivity index (χ2v) is 3.89. The van der Waals surface area contributed by atoms with Crippen LogP contribution < -0.4 is 10.6 Å². The smallest absolute Gasteiger partial charge is 0.191 e. The van der Waals surface area contributed by atoms with Crippen LogP contribution in [0.15, 0.2) is 17.1 Å². The fraction of sp³-hybridized carbons (Fsp3) is 0.750. The number of methoxy groups -OCH3 is 1. The summed E-state index contributed by atoms with van der Waals surface area (Å²) >= 11 is 0. The van der Waals surface area contributed by atoms with Crippen LogP contribution >= 0.6 is 24.0 Å². The SMILES string of the molecule is CCNC(=NCCCOC)NC1CC=CC1.I. The van der Waals surface area contributed by atoms with Gasteiger partial charge < -0.3 is 15.4 Å². The molecule has 0 radical (unpaired) electrons. The van der Waals surface area contributed by atoms with Crippen LogP contribution in [0.1, 0.15) is 26.2 Å². The largest absolute Gasteiger partial charge is 0.385 e. The summed E-state index contributed by atoms with van der Waals surface area (Å²) < 4.78 is 5.00. The molecule has 100 valence electrons. The van der Waals surface area contributed by atoms with Crippen molar-refractivity contribution in [3.8, 4) is 0 Å². The van der Waals surface area contributed by atoms with Crippen LogP contribution in [-0.4, -0.2) is 38.8 Å². The Bertz CT molecular complexity index is 236. The highest BCUT2D eigenvalue weighted by Crippen LogP contribution is 2.08. The highest BCUT2D eigenvalue weighted by Gasteiger charge is 2.10. The Labute approximate surface area is 121 Å². The van der Waals surface area contributed by atoms with Crippen LogP contribution in [-0.2, 0) is 4.74 Å². The van der Waals surface area contributed by atoms with Gasteiger partial charge in [0.05, 0.1) is 0 Å². The lowest BCUT2D eigenvalue weighted by Gasteiger charge is -2.16. The van der Waals surface area contributed by atoms with E-state index >= 15 is 0 Å². The van der Waals surface area contributed by atoms with Crippen molar-refractivity contribution in [3.63, 3.8) is 0 Å². The number of halogens is 1. The molecular formula is C12H24IN3O. The van der Waals surface area contributed by atoms with Gasteiger partial charge in [0, 0.05) is 32.8 Å². The normalized spacial score (nSPS) is 15.8. The predicted molar refractivity (Wildman–Crippen MR) is 83.2 cm³/mol. The lowest BCUT2D eigenvalue weighted by atomic mass is 10.2. The molecular weight excluding hydrogens is 329 g/mol. The Balaban J connectivity index is 0.00000256. The van der Waals surface area contributed by atoms with Crippen LogP contribution in [0.3, 0.4) is 0 Å². The number of rotatable bonds is 6. The lowest BCUT2D eigenvalue weighted by molar-refractivity contribution is 0.197. The van der Waals surface area contributed by atoms with Crippen LogP contribution in [0.4, 0.5) is 0 Å². The molecule has 0 atom stereocenters. The van der Waals surface area contributed by atoms with E-state index < -0.39 is 0 Å². The fourth-order valence-corrected chi connectivity index (χ4v) is 1.65. The van der Waals surface area contributed by atoms with E-state index in [-0.39, 0.29) is 24.0 Å². The van der Waals surface area contributed by atoms with Crippen LogP contribution in [0, 0.1) is 0 Å². The summed E-state index contributed by atoms with van der Waals surface area (Å²) in [5.41, 5.74) is 0. The molecule has 0 fully saturated rings. The maximum Gasteiger partial charge on any atom is 0.191 e. The van der Waals surface area contributed by atoms with E-state index in [9.17, 15) is 0 Å². The van der Waals surface area contributed by atoms with E-state index in [0.717, 1.165) is 44.9 Å². The summed E-state index contributed by atoms with van der Waals surface area (Å²) in [6.07, 6.45) is 7.60. The number of guanidine groups is 1. The van der Waals surface area contributed by atoms with Crippen molar-refractivity contribution < 1.29 is 4.74 Å². The third-order valence-corrected chi connectivity index (χ3v) is 2.47. The van der Waals surface area contributed by atoms with Gasteiger partial charge >= 0.3 is 0 Å². The number of ether oxygens (including phenoxy) is 1. The van der Waals surface area contributed by atoms with Crippen molar-refractivity contribution in [3.05, 3.63) is 12.2 Å². The molecule has 0 unspecified atom stereocenters. The Morgan fingerprint density at radius 2 is 2.12 bits per heavy atom. The van der Waals surface area contributed by atoms with Crippen molar-refractivity contribution in [1.82, 2.24) is 10.6 Å². The van der Waals surface area contributed by atoms with Crippen molar-refractivity contribution in [1.29, 1.82) is 0 Å². The Morgan fingerprint density at radius 3 is 2.71 bits per heavy atom. The minimum Gasteiger partial charge on any atom is -0.385 e. The summed E-state index contributed by atoms with van der Waals surface area (Å²) in [6, 6.07) is 0.514. The van der Waals surface area contributed by atoms with Gasteiger partial charge in [0.25, 0.3) is 0 Å². The minimum atomic E-state index is 0. The second kappa shape index (κ2) is 10.8. The van der Waals surface area contributed by atoms with Gasteiger partial charge in [-0.15, -0.1) is 24.0 Å². The van der Waals surface area contributed by atoms with Gasteiger partial charge in [0.15, 0.2) is 5.96 Å². The van der Waals surface area contributed by atoms with Gasteiger partial charge in [-0.05, 0) is 26.2 Å². The van der Waals surface area contributed by atoms with E-state index in [1.165, 1.54) is 0 Å². The van der Waals surface area contributed by atoms with E-state index in [1.54, 1.807) is 7.11 Å². The fourth-order valence-electron chi connectivity index (χ4n) is 1.65. The molecule has 2 N–H and O–H groups in total. The monoisotopic (exact) mass is 353 g/mol. The average molecular weight is 353 g/mol. The van der Waals surface area contributed by atoms with Gasteiger partial charge in [-0.1, -0.05) is 12.2 Å². The molecule has 17 heavy (non-hydrogen) atoms. The molecule has 1 aliphatic carbocycles. The van der Waals surface area contributed by atoms with Crippen LogP contribution in [0.25, 0.3) is 0 Å². The minimum absolute atomic E-state index is 0. The number of hydrogen-bond acceptors (Lipinski definition) is 2. The summed E-state index contributed by atoms with van der Waals surface area (Å²) in [5, 5.41) is 6.69. The molecule has 0 aliphatic heterocycles. The van der Waals surface area contributed by atoms with Gasteiger partial charge in [0.2, 0.25) is 0 Å². The Kier molecular flexibility index (Phi) is 10.6. The predicted octanol–water partition coefficient (Wildman–Crippen LogP) is 1.91. The van der Waals surface area contributed by atoms with Crippen molar-refractivity contribution in [2.24, 2.45) is 4.99 Å². The van der Waals surface area contributed by atoms with E-state index in [4.69, 9.17) is 4.74 Å². The zero-order chi connectivity index (χ0) is 11.6. The van der Waals surface area contributed by atoms with Crippen LogP contribution in [0.2, 0.25) is 0 Å². The molecule has 0 heterocycles. The van der Waals surface area contributed by atoms with Crippen LogP contribution in [0.5, 0.6) is 0 Å². The van der Waals surface area contributed by atoms with E-state index in [2.05, 4.69) is 34.7 Å². The standard InChI is InChI=1S/C12H23N3O.HI/c1-3-13-12(14-9-6-10-16-2)15-11-7-4-5-8-11;/h4-5,11H,3,6-10H2,1-2H3,(H2,13,14,15);1H. The summed E-state index contributed by atoms with van der Waals surface area (Å²) in [7, 11) is 1.72. The Morgan fingerprint density at radius 1 is 1.41 bits per heavy atom. The third kappa shape index (κ3) is 7.59. The van der Waals surface area contributed by atoms with Gasteiger partial charge in [0.1, 0.15) is 0 Å². The van der Waals surface area contributed by atoms with Crippen molar-refractivity contribution in [2.75, 3.05) is 26.8 Å². The molecule has 0 spiro atoms. The molecule has 0 bridgehead atoms. The van der Waals surface area contributed by atoms with Gasteiger partial charge in [-0.2, -0.15) is 0 Å². The summed E-state index contributed by atoms with van der Waals surface area (Å²) in [4.78, 5) is 4.50. The van der Waals surface area contributed by atoms with Crippen molar-refractivity contribution in [2.45, 2.75) is 32.2 Å². The number of hydrogen-bond donors (Lipinski definition) is 2. The second-order valence-electron chi connectivity index (χ2n) is 3.89. The highest BCUT2D eigenvalue weighted by atomic mass is 127. The van der Waals surface area contributed by atoms with Gasteiger partial charge in [-0.3, -0.25) is 4.99 Å². The first-order chi connectivity index (χ1) is 7.86. The van der Waals surface area contributed by atoms with E-state index in [1.807, 2.05) is 0 Å². The molecule has 0 saturated heterocycles. The van der Waals surface area contributed by atoms with E-state index in [0.29, 0.717) is 6.04 Å². The zero-order valence-electron chi connectivity index (χ0n) is 10.7. The molecule has 0 aromatic carbocycles. The third-order valence-electron chi connectivity index (χ3n) is 2.47. The topological polar surface area (TPSA) is 45.7 Å². The molecule has 0 aromatic heterocycles. The first kappa shape index (κ1) is 16.7. The maximum absolute atomic E-state index is 5.00. The summed E-state index contributed by atoms with van der Waals surface area (Å²) in [5.74, 6) is 0.923. The van der Waals surface area contributed by atoms with Gasteiger partial charge in [-0.25, -0.2) is 0 Å². The first-order valence-corrected chi connectivity index (χ1v) is 6.05. The molecule has 4 nitrogen and oxygen atoms in total. The molecule has 1 rings (SSSR count). The summed E-state index contributed by atoms with van der Waals surface area (Å²) in [6.45, 7) is 4.56. The molecule has 5 heteroatoms. The molecule has 0 amide bonds. The first-order valence-electron chi connectivity index (χ1n) is 6.05. The lowest BCUT2D eigenvalue weighted by Crippen LogP contribution is -2.42. The maximum atomic E-state index is 5.00. The average Bonchev–Trinajstić information content (AvgIpc) is 2.77. The highest BCUT2D eigenvalue weighted by molar-refractivity contribution is 14.0. The Hall–Kier alpha value is -0.300.